The Balaban J connectivity index is 1.50. The molecule has 0 aliphatic carbocycles. The minimum absolute atomic E-state index is 0.0543. The van der Waals surface area contributed by atoms with Gasteiger partial charge < -0.3 is 15.0 Å². The fraction of sp³-hybridized carbons (Fsp3) is 0.412. The number of sulfonamides is 1. The van der Waals surface area contributed by atoms with E-state index in [0.29, 0.717) is 5.82 Å². The molecule has 1 fully saturated rings. The Morgan fingerprint density at radius 3 is 2.45 bits per heavy atom. The molecule has 2 heterocycles. The van der Waals surface area contributed by atoms with Crippen LogP contribution in [0.1, 0.15) is 12.8 Å². The summed E-state index contributed by atoms with van der Waals surface area (Å²) < 4.78 is 67.0. The van der Waals surface area contributed by atoms with Crippen molar-refractivity contribution in [1.82, 2.24) is 14.9 Å². The second kappa shape index (κ2) is 8.82. The van der Waals surface area contributed by atoms with Crippen molar-refractivity contribution in [3.63, 3.8) is 0 Å². The number of anilines is 2. The van der Waals surface area contributed by atoms with Gasteiger partial charge in [0.25, 0.3) is 0 Å². The average Bonchev–Trinajstić information content (AvgIpc) is 3.20. The first-order valence-corrected chi connectivity index (χ1v) is 10.4. The van der Waals surface area contributed by atoms with Crippen LogP contribution in [0.15, 0.2) is 41.4 Å². The summed E-state index contributed by atoms with van der Waals surface area (Å²) >= 11 is 0. The molecule has 0 radical (unpaired) electrons. The van der Waals surface area contributed by atoms with Crippen LogP contribution in [0.4, 0.5) is 24.7 Å². The second-order valence-corrected chi connectivity index (χ2v) is 8.10. The maximum atomic E-state index is 12.2. The minimum Gasteiger partial charge on any atom is -0.406 e. The zero-order valence-corrected chi connectivity index (χ0v) is 16.1. The molecule has 29 heavy (non-hydrogen) atoms. The van der Waals surface area contributed by atoms with Crippen LogP contribution in [0.3, 0.4) is 0 Å². The predicted octanol–water partition coefficient (Wildman–Crippen LogP) is 2.37. The van der Waals surface area contributed by atoms with Gasteiger partial charge in [-0.2, -0.15) is 5.10 Å². The van der Waals surface area contributed by atoms with Crippen molar-refractivity contribution in [2.75, 3.05) is 36.4 Å². The Labute approximate surface area is 166 Å². The van der Waals surface area contributed by atoms with E-state index in [0.717, 1.165) is 55.9 Å². The van der Waals surface area contributed by atoms with E-state index in [4.69, 9.17) is 0 Å². The van der Waals surface area contributed by atoms with E-state index in [1.165, 1.54) is 0 Å². The lowest BCUT2D eigenvalue weighted by molar-refractivity contribution is -0.274. The number of alkyl halides is 3. The summed E-state index contributed by atoms with van der Waals surface area (Å²) in [5.41, 5.74) is 0.960. The molecule has 0 unspecified atom stereocenters. The smallest absolute Gasteiger partial charge is 0.406 e. The van der Waals surface area contributed by atoms with Gasteiger partial charge >= 0.3 is 6.36 Å². The number of hydrogen-bond donors (Lipinski definition) is 2. The molecule has 3 rings (SSSR count). The van der Waals surface area contributed by atoms with Crippen LogP contribution in [-0.4, -0.2) is 51.2 Å². The zero-order valence-electron chi connectivity index (χ0n) is 15.3. The molecular formula is C17H20F3N5O3S. The summed E-state index contributed by atoms with van der Waals surface area (Å²) in [7, 11) is -3.87. The van der Waals surface area contributed by atoms with Gasteiger partial charge in [0, 0.05) is 32.2 Å². The number of nitrogens with zero attached hydrogens (tertiary/aromatic N) is 3. The molecule has 2 N–H and O–H groups in total. The van der Waals surface area contributed by atoms with Gasteiger partial charge in [-0.05, 0) is 37.1 Å². The van der Waals surface area contributed by atoms with Crippen molar-refractivity contribution in [3.8, 4) is 5.75 Å². The molecule has 158 valence electrons. The Hall–Kier alpha value is -2.60. The van der Waals surface area contributed by atoms with Crippen molar-refractivity contribution in [1.29, 1.82) is 0 Å². The molecule has 1 aromatic heterocycles. The third-order valence-corrected chi connectivity index (χ3v) is 5.68. The van der Waals surface area contributed by atoms with Crippen LogP contribution in [-0.2, 0) is 10.0 Å². The summed E-state index contributed by atoms with van der Waals surface area (Å²) in [6.07, 6.45) is -0.878. The minimum atomic E-state index is -4.83. The van der Waals surface area contributed by atoms with Crippen LogP contribution in [0.5, 0.6) is 5.75 Å². The topological polar surface area (TPSA) is 96.5 Å². The summed E-state index contributed by atoms with van der Waals surface area (Å²) in [6.45, 7) is 2.25. The normalized spacial score (nSPS) is 14.8. The van der Waals surface area contributed by atoms with Crippen LogP contribution >= 0.6 is 0 Å². The van der Waals surface area contributed by atoms with E-state index in [2.05, 4.69) is 29.9 Å². The number of rotatable bonds is 8. The summed E-state index contributed by atoms with van der Waals surface area (Å²) in [5.74, 6) is 0.0387. The molecule has 1 aromatic carbocycles. The molecule has 0 spiro atoms. The first-order chi connectivity index (χ1) is 13.7. The first kappa shape index (κ1) is 21.1. The van der Waals surface area contributed by atoms with Crippen molar-refractivity contribution >= 4 is 21.5 Å². The average molecular weight is 431 g/mol. The van der Waals surface area contributed by atoms with Crippen LogP contribution < -0.4 is 19.7 Å². The van der Waals surface area contributed by atoms with Crippen LogP contribution in [0.2, 0.25) is 0 Å². The zero-order chi connectivity index (χ0) is 20.9. The maximum Gasteiger partial charge on any atom is 0.573 e. The SMILES string of the molecule is O=S(=O)(NCCNc1cc(N2CCCC2)cnn1)c1ccc(OC(F)(F)F)cc1. The highest BCUT2D eigenvalue weighted by molar-refractivity contribution is 7.89. The molecule has 0 bridgehead atoms. The van der Waals surface area contributed by atoms with Gasteiger partial charge in [0.05, 0.1) is 16.8 Å². The highest BCUT2D eigenvalue weighted by atomic mass is 32.2. The van der Waals surface area contributed by atoms with E-state index in [1.807, 2.05) is 6.07 Å². The van der Waals surface area contributed by atoms with Crippen molar-refractivity contribution in [2.24, 2.45) is 0 Å². The molecular weight excluding hydrogens is 411 g/mol. The van der Waals surface area contributed by atoms with Gasteiger partial charge in [-0.25, -0.2) is 13.1 Å². The number of ether oxygens (including phenoxy) is 1. The third kappa shape index (κ3) is 6.19. The molecule has 1 aliphatic rings. The molecule has 12 heteroatoms. The lowest BCUT2D eigenvalue weighted by Gasteiger charge is -2.17. The Bertz CT molecular complexity index is 917. The highest BCUT2D eigenvalue weighted by Crippen LogP contribution is 2.24. The Morgan fingerprint density at radius 2 is 1.79 bits per heavy atom. The van der Waals surface area contributed by atoms with Gasteiger partial charge in [0.2, 0.25) is 10.0 Å². The van der Waals surface area contributed by atoms with Gasteiger partial charge in [-0.3, -0.25) is 0 Å². The van der Waals surface area contributed by atoms with Crippen molar-refractivity contribution in [2.45, 2.75) is 24.1 Å². The van der Waals surface area contributed by atoms with Crippen molar-refractivity contribution in [3.05, 3.63) is 36.5 Å². The summed E-state index contributed by atoms with van der Waals surface area (Å²) in [6, 6.07) is 5.83. The quantitative estimate of drug-likeness (QED) is 0.620. The number of hydrogen-bond acceptors (Lipinski definition) is 7. The van der Waals surface area contributed by atoms with E-state index in [9.17, 15) is 21.6 Å². The van der Waals surface area contributed by atoms with E-state index >= 15 is 0 Å². The van der Waals surface area contributed by atoms with E-state index in [1.54, 1.807) is 6.20 Å². The molecule has 0 atom stereocenters. The van der Waals surface area contributed by atoms with E-state index < -0.39 is 22.1 Å². The summed E-state index contributed by atoms with van der Waals surface area (Å²) in [5, 5.41) is 10.9. The predicted molar refractivity (Wildman–Crippen MR) is 100 cm³/mol. The third-order valence-electron chi connectivity index (χ3n) is 4.20. The largest absolute Gasteiger partial charge is 0.573 e. The monoisotopic (exact) mass is 431 g/mol. The standard InChI is InChI=1S/C17H20F3N5O3S/c18-17(19,20)28-14-3-5-15(6-4-14)29(26,27)23-8-7-21-16-11-13(12-22-24-16)25-9-1-2-10-25/h3-6,11-12,23H,1-2,7-10H2,(H,21,24). The highest BCUT2D eigenvalue weighted by Gasteiger charge is 2.31. The molecule has 1 aliphatic heterocycles. The van der Waals surface area contributed by atoms with Crippen molar-refractivity contribution < 1.29 is 26.3 Å². The van der Waals surface area contributed by atoms with E-state index in [-0.39, 0.29) is 18.0 Å². The van der Waals surface area contributed by atoms with Gasteiger partial charge in [0.15, 0.2) is 5.82 Å². The second-order valence-electron chi connectivity index (χ2n) is 6.34. The van der Waals surface area contributed by atoms with Gasteiger partial charge in [0.1, 0.15) is 5.75 Å². The van der Waals surface area contributed by atoms with Crippen LogP contribution in [0.25, 0.3) is 0 Å². The molecule has 2 aromatic rings. The lowest BCUT2D eigenvalue weighted by Crippen LogP contribution is -2.29. The number of halogens is 3. The number of benzene rings is 1. The first-order valence-electron chi connectivity index (χ1n) is 8.90. The molecule has 1 saturated heterocycles. The Morgan fingerprint density at radius 1 is 1.10 bits per heavy atom. The molecule has 0 amide bonds. The Kier molecular flexibility index (Phi) is 6.42. The number of aromatic nitrogens is 2. The number of nitrogens with one attached hydrogen (secondary N) is 2. The molecule has 8 nitrogen and oxygen atoms in total. The fourth-order valence-electron chi connectivity index (χ4n) is 2.87. The van der Waals surface area contributed by atoms with Gasteiger partial charge in [-0.1, -0.05) is 0 Å². The maximum absolute atomic E-state index is 12.2. The lowest BCUT2D eigenvalue weighted by atomic mass is 10.3. The van der Waals surface area contributed by atoms with Gasteiger partial charge in [-0.15, -0.1) is 18.3 Å². The summed E-state index contributed by atoms with van der Waals surface area (Å²) in [4.78, 5) is 2.04. The molecule has 0 saturated carbocycles. The fourth-order valence-corrected chi connectivity index (χ4v) is 3.90. The van der Waals surface area contributed by atoms with Crippen LogP contribution in [0, 0.1) is 0 Å².